The number of carbonyl (C=O) groups is 2. The number of carbonyl (C=O) groups excluding carboxylic acids is 2. The van der Waals surface area contributed by atoms with E-state index in [0.717, 1.165) is 0 Å². The Morgan fingerprint density at radius 1 is 0.931 bits per heavy atom. The van der Waals surface area contributed by atoms with E-state index in [0.29, 0.717) is 38.5 Å². The first-order chi connectivity index (χ1) is 13.8. The predicted octanol–water partition coefficient (Wildman–Crippen LogP) is 4.83. The fraction of sp³-hybridized carbons (Fsp3) is 0.238. The Morgan fingerprint density at radius 3 is 2.03 bits per heavy atom. The standard InChI is InChI=1S/C21H19Cl2NO5/c1-10-17(20(25)27-3)19(18(11(2)24-10)21(26)28-4)16-8-7-15(29-16)12-5-6-13(22)14(23)9-12/h5-9,19,24H,1-4H3. The zero-order valence-electron chi connectivity index (χ0n) is 16.3. The number of allylic oxidation sites excluding steroid dienone is 2. The summed E-state index contributed by atoms with van der Waals surface area (Å²) in [6.45, 7) is 3.47. The number of halogens is 2. The van der Waals surface area contributed by atoms with Crippen molar-refractivity contribution in [2.45, 2.75) is 19.8 Å². The molecule has 1 aromatic carbocycles. The Bertz CT molecular complexity index is 1010. The highest BCUT2D eigenvalue weighted by Crippen LogP contribution is 2.41. The van der Waals surface area contributed by atoms with Crippen LogP contribution in [0.4, 0.5) is 0 Å². The molecule has 0 amide bonds. The van der Waals surface area contributed by atoms with Crippen LogP contribution in [0.25, 0.3) is 11.3 Å². The van der Waals surface area contributed by atoms with E-state index in [2.05, 4.69) is 5.32 Å². The van der Waals surface area contributed by atoms with E-state index in [1.807, 2.05) is 0 Å². The molecule has 1 aromatic heterocycles. The third-order valence-corrected chi connectivity index (χ3v) is 5.43. The molecule has 0 fully saturated rings. The van der Waals surface area contributed by atoms with E-state index < -0.39 is 17.9 Å². The number of benzene rings is 1. The second-order valence-electron chi connectivity index (χ2n) is 6.45. The molecule has 2 aromatic rings. The van der Waals surface area contributed by atoms with Crippen molar-refractivity contribution in [3.05, 3.63) is 68.7 Å². The van der Waals surface area contributed by atoms with Crippen molar-refractivity contribution in [2.24, 2.45) is 0 Å². The molecule has 0 saturated heterocycles. The molecule has 152 valence electrons. The molecule has 0 unspecified atom stereocenters. The highest BCUT2D eigenvalue weighted by molar-refractivity contribution is 6.42. The van der Waals surface area contributed by atoms with Crippen molar-refractivity contribution in [1.29, 1.82) is 0 Å². The van der Waals surface area contributed by atoms with Crippen molar-refractivity contribution >= 4 is 35.1 Å². The lowest BCUT2D eigenvalue weighted by Gasteiger charge is -2.28. The quantitative estimate of drug-likeness (QED) is 0.692. The fourth-order valence-electron chi connectivity index (χ4n) is 3.35. The summed E-state index contributed by atoms with van der Waals surface area (Å²) in [6, 6.07) is 8.56. The highest BCUT2D eigenvalue weighted by Gasteiger charge is 2.39. The van der Waals surface area contributed by atoms with Crippen LogP contribution < -0.4 is 5.32 Å². The first kappa shape index (κ1) is 21.0. The smallest absolute Gasteiger partial charge is 0.336 e. The SMILES string of the molecule is COC(=O)C1=C(C)NC(C)=C(C(=O)OC)C1c1ccc(-c2ccc(Cl)c(Cl)c2)o1. The van der Waals surface area contributed by atoms with E-state index in [9.17, 15) is 9.59 Å². The molecule has 0 bridgehead atoms. The maximum atomic E-state index is 12.5. The van der Waals surface area contributed by atoms with Gasteiger partial charge in [-0.15, -0.1) is 0 Å². The number of furan rings is 1. The molecule has 8 heteroatoms. The maximum Gasteiger partial charge on any atom is 0.336 e. The Hall–Kier alpha value is -2.70. The molecule has 0 aliphatic carbocycles. The van der Waals surface area contributed by atoms with Crippen molar-refractivity contribution in [3.8, 4) is 11.3 Å². The van der Waals surface area contributed by atoms with Crippen LogP contribution in [-0.4, -0.2) is 26.2 Å². The summed E-state index contributed by atoms with van der Waals surface area (Å²) >= 11 is 12.1. The summed E-state index contributed by atoms with van der Waals surface area (Å²) in [6.07, 6.45) is 0. The van der Waals surface area contributed by atoms with Crippen LogP contribution in [0.1, 0.15) is 25.5 Å². The maximum absolute atomic E-state index is 12.5. The van der Waals surface area contributed by atoms with Crippen molar-refractivity contribution < 1.29 is 23.5 Å². The van der Waals surface area contributed by atoms with Gasteiger partial charge in [0.05, 0.1) is 41.3 Å². The van der Waals surface area contributed by atoms with Crippen molar-refractivity contribution in [2.75, 3.05) is 14.2 Å². The Balaban J connectivity index is 2.14. The van der Waals surface area contributed by atoms with E-state index in [1.165, 1.54) is 14.2 Å². The van der Waals surface area contributed by atoms with Crippen LogP contribution in [0.3, 0.4) is 0 Å². The van der Waals surface area contributed by atoms with E-state index in [4.69, 9.17) is 37.1 Å². The van der Waals surface area contributed by atoms with Crippen LogP contribution in [0.5, 0.6) is 0 Å². The summed E-state index contributed by atoms with van der Waals surface area (Å²) in [5.74, 6) is -1.01. The number of dihydropyridines is 1. The topological polar surface area (TPSA) is 77.8 Å². The van der Waals surface area contributed by atoms with Crippen LogP contribution in [0.15, 0.2) is 57.3 Å². The van der Waals surface area contributed by atoms with Gasteiger partial charge in [-0.1, -0.05) is 23.2 Å². The Labute approximate surface area is 178 Å². The van der Waals surface area contributed by atoms with Crippen molar-refractivity contribution in [1.82, 2.24) is 5.32 Å². The van der Waals surface area contributed by atoms with E-state index >= 15 is 0 Å². The molecule has 0 atom stereocenters. The van der Waals surface area contributed by atoms with Gasteiger partial charge in [-0.25, -0.2) is 9.59 Å². The molecule has 6 nitrogen and oxygen atoms in total. The van der Waals surface area contributed by atoms with Gasteiger partial charge in [0, 0.05) is 17.0 Å². The summed E-state index contributed by atoms with van der Waals surface area (Å²) in [4.78, 5) is 25.0. The average molecular weight is 436 g/mol. The molecule has 2 heterocycles. The molecular weight excluding hydrogens is 417 g/mol. The normalized spacial score (nSPS) is 14.7. The van der Waals surface area contributed by atoms with Gasteiger partial charge < -0.3 is 19.2 Å². The second kappa shape index (κ2) is 8.35. The number of rotatable bonds is 4. The minimum absolute atomic E-state index is 0.272. The molecule has 0 spiro atoms. The Morgan fingerprint density at radius 2 is 1.52 bits per heavy atom. The summed E-state index contributed by atoms with van der Waals surface area (Å²) in [5, 5.41) is 3.86. The zero-order valence-corrected chi connectivity index (χ0v) is 17.8. The molecular formula is C21H19Cl2NO5. The van der Waals surface area contributed by atoms with E-state index in [1.54, 1.807) is 44.2 Å². The average Bonchev–Trinajstić information content (AvgIpc) is 3.18. The second-order valence-corrected chi connectivity index (χ2v) is 7.26. The summed E-state index contributed by atoms with van der Waals surface area (Å²) < 4.78 is 15.9. The van der Waals surface area contributed by atoms with Gasteiger partial charge in [0.15, 0.2) is 0 Å². The fourth-order valence-corrected chi connectivity index (χ4v) is 3.65. The first-order valence-electron chi connectivity index (χ1n) is 8.68. The molecule has 1 N–H and O–H groups in total. The predicted molar refractivity (Wildman–Crippen MR) is 109 cm³/mol. The number of hydrogen-bond acceptors (Lipinski definition) is 6. The van der Waals surface area contributed by atoms with Crippen LogP contribution in [0, 0.1) is 0 Å². The van der Waals surface area contributed by atoms with Gasteiger partial charge in [-0.05, 0) is 44.2 Å². The third-order valence-electron chi connectivity index (χ3n) is 4.69. The molecule has 0 saturated carbocycles. The molecule has 1 aliphatic rings. The lowest BCUT2D eigenvalue weighted by Crippen LogP contribution is -2.31. The number of methoxy groups -OCH3 is 2. The van der Waals surface area contributed by atoms with Crippen molar-refractivity contribution in [3.63, 3.8) is 0 Å². The zero-order chi connectivity index (χ0) is 21.3. The summed E-state index contributed by atoms with van der Waals surface area (Å²) in [5.41, 5.74) is 2.39. The van der Waals surface area contributed by atoms with Gasteiger partial charge >= 0.3 is 11.9 Å². The van der Waals surface area contributed by atoms with Gasteiger partial charge in [0.1, 0.15) is 11.5 Å². The van der Waals surface area contributed by atoms with Crippen LogP contribution in [0.2, 0.25) is 10.0 Å². The number of nitrogens with one attached hydrogen (secondary N) is 1. The van der Waals surface area contributed by atoms with Gasteiger partial charge in [0.25, 0.3) is 0 Å². The number of ether oxygens (including phenoxy) is 2. The lowest BCUT2D eigenvalue weighted by molar-refractivity contribution is -0.137. The van der Waals surface area contributed by atoms with Gasteiger partial charge in [-0.3, -0.25) is 0 Å². The van der Waals surface area contributed by atoms with Gasteiger partial charge in [0.2, 0.25) is 0 Å². The largest absolute Gasteiger partial charge is 0.466 e. The third kappa shape index (κ3) is 3.91. The minimum atomic E-state index is -0.785. The van der Waals surface area contributed by atoms with Gasteiger partial charge in [-0.2, -0.15) is 0 Å². The lowest BCUT2D eigenvalue weighted by atomic mass is 9.83. The number of hydrogen-bond donors (Lipinski definition) is 1. The number of esters is 2. The molecule has 29 heavy (non-hydrogen) atoms. The van der Waals surface area contributed by atoms with E-state index in [-0.39, 0.29) is 11.1 Å². The van der Waals surface area contributed by atoms with Crippen LogP contribution in [-0.2, 0) is 19.1 Å². The molecule has 3 rings (SSSR count). The highest BCUT2D eigenvalue weighted by atomic mass is 35.5. The summed E-state index contributed by atoms with van der Waals surface area (Å²) in [7, 11) is 2.57. The molecule has 0 radical (unpaired) electrons. The Kier molecular flexibility index (Phi) is 6.05. The monoisotopic (exact) mass is 435 g/mol. The first-order valence-corrected chi connectivity index (χ1v) is 9.44. The van der Waals surface area contributed by atoms with Crippen LogP contribution >= 0.6 is 23.2 Å². The minimum Gasteiger partial charge on any atom is -0.466 e. The molecule has 1 aliphatic heterocycles.